The molecule has 0 saturated carbocycles. The number of benzene rings is 1. The SMILES string of the molecule is COc1c(Cl)cc(C)c(CCCCN)c1OC. The van der Waals surface area contributed by atoms with Crippen molar-refractivity contribution in [3.8, 4) is 11.5 Å². The minimum atomic E-state index is 0.587. The number of hydrogen-bond acceptors (Lipinski definition) is 3. The zero-order valence-corrected chi connectivity index (χ0v) is 11.4. The van der Waals surface area contributed by atoms with Gasteiger partial charge in [-0.3, -0.25) is 0 Å². The molecule has 0 amide bonds. The average molecular weight is 258 g/mol. The lowest BCUT2D eigenvalue weighted by Crippen LogP contribution is -2.02. The number of ether oxygens (including phenoxy) is 2. The molecule has 0 radical (unpaired) electrons. The van der Waals surface area contributed by atoms with Gasteiger partial charge < -0.3 is 15.2 Å². The summed E-state index contributed by atoms with van der Waals surface area (Å²) < 4.78 is 10.7. The number of methoxy groups -OCH3 is 2. The molecule has 0 unspecified atom stereocenters. The van der Waals surface area contributed by atoms with Crippen molar-refractivity contribution >= 4 is 11.6 Å². The molecule has 0 aliphatic carbocycles. The molecular weight excluding hydrogens is 238 g/mol. The van der Waals surface area contributed by atoms with Crippen molar-refractivity contribution in [2.45, 2.75) is 26.2 Å². The molecule has 1 aromatic rings. The van der Waals surface area contributed by atoms with Gasteiger partial charge in [0.25, 0.3) is 0 Å². The topological polar surface area (TPSA) is 44.5 Å². The predicted molar refractivity (Wildman–Crippen MR) is 71.3 cm³/mol. The van der Waals surface area contributed by atoms with Gasteiger partial charge in [0.2, 0.25) is 0 Å². The Morgan fingerprint density at radius 3 is 2.35 bits per heavy atom. The summed E-state index contributed by atoms with van der Waals surface area (Å²) in [6.45, 7) is 2.75. The van der Waals surface area contributed by atoms with Gasteiger partial charge in [-0.1, -0.05) is 11.6 Å². The van der Waals surface area contributed by atoms with Gasteiger partial charge in [-0.25, -0.2) is 0 Å². The standard InChI is InChI=1S/C13H20ClNO2/c1-9-8-11(14)13(17-3)12(16-2)10(9)6-4-5-7-15/h8H,4-7,15H2,1-3H3. The lowest BCUT2D eigenvalue weighted by molar-refractivity contribution is 0.351. The van der Waals surface area contributed by atoms with Crippen LogP contribution in [0.25, 0.3) is 0 Å². The van der Waals surface area contributed by atoms with Crippen LogP contribution in [0.3, 0.4) is 0 Å². The van der Waals surface area contributed by atoms with Gasteiger partial charge in [-0.15, -0.1) is 0 Å². The van der Waals surface area contributed by atoms with E-state index < -0.39 is 0 Å². The summed E-state index contributed by atoms with van der Waals surface area (Å²) in [6.07, 6.45) is 2.98. The maximum Gasteiger partial charge on any atom is 0.179 e. The number of hydrogen-bond donors (Lipinski definition) is 1. The van der Waals surface area contributed by atoms with E-state index in [0.29, 0.717) is 17.3 Å². The molecule has 0 atom stereocenters. The van der Waals surface area contributed by atoms with Crippen LogP contribution in [0.15, 0.2) is 6.07 Å². The van der Waals surface area contributed by atoms with E-state index in [4.69, 9.17) is 26.8 Å². The third-order valence-electron chi connectivity index (χ3n) is 2.81. The van der Waals surface area contributed by atoms with Gasteiger partial charge in [-0.05, 0) is 44.4 Å². The van der Waals surface area contributed by atoms with Gasteiger partial charge >= 0.3 is 0 Å². The molecule has 0 bridgehead atoms. The fourth-order valence-electron chi connectivity index (χ4n) is 1.93. The molecule has 0 aliphatic rings. The summed E-state index contributed by atoms with van der Waals surface area (Å²) in [5.41, 5.74) is 7.79. The van der Waals surface area contributed by atoms with E-state index in [9.17, 15) is 0 Å². The number of rotatable bonds is 6. The van der Waals surface area contributed by atoms with Gasteiger partial charge in [0.1, 0.15) is 0 Å². The van der Waals surface area contributed by atoms with Crippen molar-refractivity contribution in [3.63, 3.8) is 0 Å². The first-order valence-corrected chi connectivity index (χ1v) is 6.13. The Kier molecular flexibility index (Phi) is 5.59. The van der Waals surface area contributed by atoms with Crippen LogP contribution in [0.5, 0.6) is 11.5 Å². The second kappa shape index (κ2) is 6.72. The molecule has 3 nitrogen and oxygen atoms in total. The van der Waals surface area contributed by atoms with E-state index in [-0.39, 0.29) is 0 Å². The Balaban J connectivity index is 3.08. The van der Waals surface area contributed by atoms with Crippen molar-refractivity contribution in [1.29, 1.82) is 0 Å². The van der Waals surface area contributed by atoms with Crippen LogP contribution >= 0.6 is 11.6 Å². The van der Waals surface area contributed by atoms with E-state index in [1.54, 1.807) is 14.2 Å². The molecule has 0 aromatic heterocycles. The molecule has 96 valence electrons. The molecule has 0 spiro atoms. The first-order valence-electron chi connectivity index (χ1n) is 5.75. The fourth-order valence-corrected chi connectivity index (χ4v) is 2.26. The zero-order chi connectivity index (χ0) is 12.8. The van der Waals surface area contributed by atoms with E-state index >= 15 is 0 Å². The van der Waals surface area contributed by atoms with Crippen LogP contribution < -0.4 is 15.2 Å². The Morgan fingerprint density at radius 2 is 1.82 bits per heavy atom. The lowest BCUT2D eigenvalue weighted by atomic mass is 10.0. The number of halogens is 1. The highest BCUT2D eigenvalue weighted by molar-refractivity contribution is 6.32. The summed E-state index contributed by atoms with van der Waals surface area (Å²) in [4.78, 5) is 0. The molecule has 2 N–H and O–H groups in total. The average Bonchev–Trinajstić information content (AvgIpc) is 2.31. The fraction of sp³-hybridized carbons (Fsp3) is 0.538. The molecule has 0 fully saturated rings. The van der Waals surface area contributed by atoms with Crippen molar-refractivity contribution in [1.82, 2.24) is 0 Å². The zero-order valence-electron chi connectivity index (χ0n) is 10.7. The summed E-state index contributed by atoms with van der Waals surface area (Å²) in [5.74, 6) is 1.36. The second-order valence-electron chi connectivity index (χ2n) is 3.97. The van der Waals surface area contributed by atoms with Crippen LogP contribution in [0.2, 0.25) is 5.02 Å². The molecule has 4 heteroatoms. The quantitative estimate of drug-likeness (QED) is 0.797. The summed E-state index contributed by atoms with van der Waals surface area (Å²) >= 11 is 6.12. The smallest absolute Gasteiger partial charge is 0.179 e. The van der Waals surface area contributed by atoms with Crippen LogP contribution in [0, 0.1) is 6.92 Å². The Morgan fingerprint density at radius 1 is 1.18 bits per heavy atom. The van der Waals surface area contributed by atoms with Crippen LogP contribution in [0.1, 0.15) is 24.0 Å². The van der Waals surface area contributed by atoms with Gasteiger partial charge in [-0.2, -0.15) is 0 Å². The minimum absolute atomic E-state index is 0.587. The predicted octanol–water partition coefficient (Wildman–Crippen LogP) is 2.95. The molecule has 0 saturated heterocycles. The largest absolute Gasteiger partial charge is 0.493 e. The Labute approximate surface area is 108 Å². The first-order chi connectivity index (χ1) is 8.15. The highest BCUT2D eigenvalue weighted by Gasteiger charge is 2.16. The molecule has 0 aliphatic heterocycles. The molecule has 0 heterocycles. The monoisotopic (exact) mass is 257 g/mol. The Bertz CT molecular complexity index is 380. The summed E-state index contributed by atoms with van der Waals surface area (Å²) in [6, 6.07) is 1.92. The van der Waals surface area contributed by atoms with E-state index in [1.807, 2.05) is 13.0 Å². The third-order valence-corrected chi connectivity index (χ3v) is 3.09. The summed E-state index contributed by atoms with van der Waals surface area (Å²) in [7, 11) is 3.24. The van der Waals surface area contributed by atoms with Gasteiger partial charge in [0.05, 0.1) is 19.2 Å². The van der Waals surface area contributed by atoms with E-state index in [0.717, 1.165) is 36.1 Å². The minimum Gasteiger partial charge on any atom is -0.493 e. The van der Waals surface area contributed by atoms with E-state index in [1.165, 1.54) is 0 Å². The molecule has 1 rings (SSSR count). The maximum atomic E-state index is 6.12. The van der Waals surface area contributed by atoms with Gasteiger partial charge in [0, 0.05) is 5.56 Å². The van der Waals surface area contributed by atoms with Crippen LogP contribution in [-0.4, -0.2) is 20.8 Å². The van der Waals surface area contributed by atoms with Crippen molar-refractivity contribution < 1.29 is 9.47 Å². The highest BCUT2D eigenvalue weighted by atomic mass is 35.5. The van der Waals surface area contributed by atoms with Crippen molar-refractivity contribution in [3.05, 3.63) is 22.2 Å². The maximum absolute atomic E-state index is 6.12. The normalized spacial score (nSPS) is 10.4. The number of unbranched alkanes of at least 4 members (excludes halogenated alkanes) is 1. The van der Waals surface area contributed by atoms with Crippen LogP contribution in [-0.2, 0) is 6.42 Å². The van der Waals surface area contributed by atoms with Crippen molar-refractivity contribution in [2.24, 2.45) is 5.73 Å². The van der Waals surface area contributed by atoms with Crippen LogP contribution in [0.4, 0.5) is 0 Å². The van der Waals surface area contributed by atoms with Crippen molar-refractivity contribution in [2.75, 3.05) is 20.8 Å². The molecular formula is C13H20ClNO2. The Hall–Kier alpha value is -0.930. The van der Waals surface area contributed by atoms with E-state index in [2.05, 4.69) is 0 Å². The highest BCUT2D eigenvalue weighted by Crippen LogP contribution is 2.40. The van der Waals surface area contributed by atoms with Gasteiger partial charge in [0.15, 0.2) is 11.5 Å². The second-order valence-corrected chi connectivity index (χ2v) is 4.37. The first kappa shape index (κ1) is 14.1. The summed E-state index contributed by atoms with van der Waals surface area (Å²) in [5, 5.41) is 0.587. The molecule has 1 aromatic carbocycles. The number of aryl methyl sites for hydroxylation is 1. The lowest BCUT2D eigenvalue weighted by Gasteiger charge is -2.16. The number of nitrogens with two attached hydrogens (primary N) is 1. The molecule has 17 heavy (non-hydrogen) atoms. The third kappa shape index (κ3) is 3.27.